The van der Waals surface area contributed by atoms with Gasteiger partial charge in [-0.25, -0.2) is 0 Å². The Labute approximate surface area is 213 Å². The molecule has 4 aromatic carbocycles. The molecule has 0 atom stereocenters. The molecule has 0 bridgehead atoms. The summed E-state index contributed by atoms with van der Waals surface area (Å²) in [4.78, 5) is 26.2. The predicted octanol–water partition coefficient (Wildman–Crippen LogP) is 7.24. The first-order chi connectivity index (χ1) is 17.1. The van der Waals surface area contributed by atoms with E-state index in [2.05, 4.69) is 22.8 Å². The van der Waals surface area contributed by atoms with Crippen LogP contribution < -0.4 is 10.6 Å². The third kappa shape index (κ3) is 4.68. The van der Waals surface area contributed by atoms with Gasteiger partial charge in [0.05, 0.1) is 11.4 Å². The van der Waals surface area contributed by atoms with E-state index in [-0.39, 0.29) is 11.8 Å². The van der Waals surface area contributed by atoms with Crippen molar-refractivity contribution in [2.75, 3.05) is 10.6 Å². The van der Waals surface area contributed by atoms with Gasteiger partial charge in [-0.2, -0.15) is 0 Å². The molecule has 0 fully saturated rings. The fourth-order valence-electron chi connectivity index (χ4n) is 4.33. The summed E-state index contributed by atoms with van der Waals surface area (Å²) in [6.07, 6.45) is 0.667. The zero-order valence-electron chi connectivity index (χ0n) is 18.8. The first-order valence-corrected chi connectivity index (χ1v) is 12.3. The second-order valence-corrected chi connectivity index (χ2v) is 8.95. The van der Waals surface area contributed by atoms with Crippen LogP contribution in [0.4, 0.5) is 11.4 Å². The van der Waals surface area contributed by atoms with Crippen LogP contribution in [0.2, 0.25) is 0 Å². The summed E-state index contributed by atoms with van der Waals surface area (Å²) in [5, 5.41) is 6.06. The van der Waals surface area contributed by atoms with E-state index in [1.807, 2.05) is 48.5 Å². The minimum Gasteiger partial charge on any atom is -0.320 e. The Morgan fingerprint density at radius 1 is 0.657 bits per heavy atom. The number of amides is 2. The summed E-state index contributed by atoms with van der Waals surface area (Å²) in [7, 11) is 0. The normalized spacial score (nSPS) is 11.5. The highest BCUT2D eigenvalue weighted by atomic mass is 35.5. The Morgan fingerprint density at radius 3 is 1.83 bits per heavy atom. The van der Waals surface area contributed by atoms with E-state index >= 15 is 0 Å². The maximum atomic E-state index is 13.2. The molecule has 0 aliphatic heterocycles. The van der Waals surface area contributed by atoms with E-state index in [1.165, 1.54) is 5.56 Å². The second-order valence-electron chi connectivity index (χ2n) is 8.42. The minimum absolute atomic E-state index is 0.252. The highest BCUT2D eigenvalue weighted by Crippen LogP contribution is 2.43. The Kier molecular flexibility index (Phi) is 6.58. The molecule has 1 aliphatic carbocycles. The van der Waals surface area contributed by atoms with Gasteiger partial charge < -0.3 is 10.6 Å². The van der Waals surface area contributed by atoms with Crippen LogP contribution >= 0.6 is 23.2 Å². The van der Waals surface area contributed by atoms with Crippen LogP contribution in [-0.2, 0) is 18.2 Å². The molecule has 0 unspecified atom stereocenters. The average Bonchev–Trinajstić information content (AvgIpc) is 3.29. The first-order valence-electron chi connectivity index (χ1n) is 11.2. The number of alkyl halides is 2. The maximum absolute atomic E-state index is 13.2. The van der Waals surface area contributed by atoms with Gasteiger partial charge in [0.15, 0.2) is 0 Å². The number of anilines is 2. The lowest BCUT2D eigenvalue weighted by atomic mass is 10.0. The summed E-state index contributed by atoms with van der Waals surface area (Å²) < 4.78 is 0. The summed E-state index contributed by atoms with van der Waals surface area (Å²) >= 11 is 11.8. The van der Waals surface area contributed by atoms with Crippen LogP contribution in [0.15, 0.2) is 84.9 Å². The van der Waals surface area contributed by atoms with Gasteiger partial charge in [0.25, 0.3) is 11.8 Å². The van der Waals surface area contributed by atoms with E-state index in [9.17, 15) is 9.59 Å². The molecule has 174 valence electrons. The van der Waals surface area contributed by atoms with Gasteiger partial charge in [0, 0.05) is 29.3 Å². The number of nitrogens with one attached hydrogen (secondary N) is 2. The molecule has 2 amide bonds. The number of hydrogen-bond acceptors (Lipinski definition) is 2. The third-order valence-electron chi connectivity index (χ3n) is 6.22. The van der Waals surface area contributed by atoms with Crippen LogP contribution in [-0.4, -0.2) is 11.8 Å². The van der Waals surface area contributed by atoms with E-state index in [0.29, 0.717) is 40.7 Å². The SMILES string of the molecule is O=C(Nc1ccc2c(c1NC(=O)c1ccc(CCl)cc1)Cc1ccccc1-2)c1ccc(CCl)cc1. The lowest BCUT2D eigenvalue weighted by Crippen LogP contribution is -2.18. The van der Waals surface area contributed by atoms with Gasteiger partial charge in [-0.1, -0.05) is 54.6 Å². The maximum Gasteiger partial charge on any atom is 0.255 e. The van der Waals surface area contributed by atoms with Crippen molar-refractivity contribution in [2.24, 2.45) is 0 Å². The molecule has 0 saturated heterocycles. The van der Waals surface area contributed by atoms with Crippen molar-refractivity contribution in [1.82, 2.24) is 0 Å². The number of halogens is 2. The van der Waals surface area contributed by atoms with E-state index < -0.39 is 0 Å². The molecule has 2 N–H and O–H groups in total. The largest absolute Gasteiger partial charge is 0.320 e. The van der Waals surface area contributed by atoms with Gasteiger partial charge in [0.1, 0.15) is 0 Å². The summed E-state index contributed by atoms with van der Waals surface area (Å²) in [5.41, 5.74) is 8.41. The molecule has 0 aromatic heterocycles. The average molecular weight is 501 g/mol. The summed E-state index contributed by atoms with van der Waals surface area (Å²) in [6.45, 7) is 0. The van der Waals surface area contributed by atoms with Gasteiger partial charge in [-0.3, -0.25) is 9.59 Å². The highest BCUT2D eigenvalue weighted by Gasteiger charge is 2.25. The van der Waals surface area contributed by atoms with E-state index in [1.54, 1.807) is 24.3 Å². The van der Waals surface area contributed by atoms with Gasteiger partial charge >= 0.3 is 0 Å². The summed E-state index contributed by atoms with van der Waals surface area (Å²) in [6, 6.07) is 26.3. The molecular formula is C29H22Cl2N2O2. The Bertz CT molecular complexity index is 1410. The number of rotatable bonds is 6. The topological polar surface area (TPSA) is 58.2 Å². The molecule has 1 aliphatic rings. The molecule has 0 radical (unpaired) electrons. The van der Waals surface area contributed by atoms with Crippen LogP contribution in [0.1, 0.15) is 43.0 Å². The lowest BCUT2D eigenvalue weighted by Gasteiger charge is -2.17. The molecule has 0 heterocycles. The number of benzene rings is 4. The molecule has 0 saturated carbocycles. The van der Waals surface area contributed by atoms with Crippen molar-refractivity contribution in [3.8, 4) is 11.1 Å². The van der Waals surface area contributed by atoms with Crippen molar-refractivity contribution in [3.05, 3.63) is 118 Å². The zero-order valence-corrected chi connectivity index (χ0v) is 20.3. The lowest BCUT2D eigenvalue weighted by molar-refractivity contribution is 0.101. The zero-order chi connectivity index (χ0) is 24.4. The highest BCUT2D eigenvalue weighted by molar-refractivity contribution is 6.17. The van der Waals surface area contributed by atoms with Crippen LogP contribution in [0, 0.1) is 0 Å². The molecule has 5 rings (SSSR count). The Balaban J connectivity index is 1.50. The van der Waals surface area contributed by atoms with Crippen LogP contribution in [0.5, 0.6) is 0 Å². The summed E-state index contributed by atoms with van der Waals surface area (Å²) in [5.74, 6) is 0.255. The predicted molar refractivity (Wildman–Crippen MR) is 143 cm³/mol. The van der Waals surface area contributed by atoms with Gasteiger partial charge in [-0.15, -0.1) is 23.2 Å². The van der Waals surface area contributed by atoms with E-state index in [0.717, 1.165) is 27.8 Å². The van der Waals surface area contributed by atoms with Crippen molar-refractivity contribution >= 4 is 46.4 Å². The monoisotopic (exact) mass is 500 g/mol. The molecule has 35 heavy (non-hydrogen) atoms. The molecule has 6 heteroatoms. The van der Waals surface area contributed by atoms with Gasteiger partial charge in [0.2, 0.25) is 0 Å². The Hall–Kier alpha value is -3.60. The second kappa shape index (κ2) is 9.95. The van der Waals surface area contributed by atoms with Crippen molar-refractivity contribution in [2.45, 2.75) is 18.2 Å². The fourth-order valence-corrected chi connectivity index (χ4v) is 4.69. The minimum atomic E-state index is -0.261. The number of hydrogen-bond donors (Lipinski definition) is 2. The molecular weight excluding hydrogens is 479 g/mol. The van der Waals surface area contributed by atoms with Gasteiger partial charge in [-0.05, 0) is 63.7 Å². The van der Waals surface area contributed by atoms with Crippen LogP contribution in [0.3, 0.4) is 0 Å². The van der Waals surface area contributed by atoms with Crippen LogP contribution in [0.25, 0.3) is 11.1 Å². The number of fused-ring (bicyclic) bond motifs is 3. The fraction of sp³-hybridized carbons (Fsp3) is 0.103. The molecule has 4 nitrogen and oxygen atoms in total. The standard InChI is InChI=1S/C29H22Cl2N2O2/c30-16-18-5-9-20(10-6-18)28(34)32-26-14-13-24-23-4-2-1-3-22(23)15-25(24)27(26)33-29(35)21-11-7-19(17-31)8-12-21/h1-14H,15-17H2,(H,32,34)(H,33,35). The van der Waals surface area contributed by atoms with Crippen molar-refractivity contribution in [3.63, 3.8) is 0 Å². The van der Waals surface area contributed by atoms with E-state index in [4.69, 9.17) is 23.2 Å². The molecule has 4 aromatic rings. The smallest absolute Gasteiger partial charge is 0.255 e. The number of carbonyl (C=O) groups is 2. The number of carbonyl (C=O) groups excluding carboxylic acids is 2. The van der Waals surface area contributed by atoms with Crippen molar-refractivity contribution < 1.29 is 9.59 Å². The Morgan fingerprint density at radius 2 is 1.23 bits per heavy atom. The molecule has 0 spiro atoms. The third-order valence-corrected chi connectivity index (χ3v) is 6.83. The quantitative estimate of drug-likeness (QED) is 0.241. The van der Waals surface area contributed by atoms with Crippen molar-refractivity contribution in [1.29, 1.82) is 0 Å². The first kappa shape index (κ1) is 23.2.